The number of para-hydroxylation sites is 2. The molecule has 4 rings (SSSR count). The Balaban J connectivity index is 1.40. The number of ether oxygens (including phenoxy) is 2. The summed E-state index contributed by atoms with van der Waals surface area (Å²) in [4.78, 5) is 22.7. The number of benzene rings is 2. The van der Waals surface area contributed by atoms with Gasteiger partial charge in [-0.3, -0.25) is 19.6 Å². The van der Waals surface area contributed by atoms with Gasteiger partial charge >= 0.3 is 0 Å². The number of carbonyl (C=O) groups is 1. The largest absolute Gasteiger partial charge is 0.486 e. The first-order chi connectivity index (χ1) is 14.0. The number of aromatic nitrogens is 2. The third-order valence-corrected chi connectivity index (χ3v) is 4.57. The molecule has 0 fully saturated rings. The van der Waals surface area contributed by atoms with E-state index in [4.69, 9.17) is 21.1 Å². The molecule has 1 unspecified atom stereocenters. The van der Waals surface area contributed by atoms with Crippen molar-refractivity contribution in [3.8, 4) is 11.5 Å². The molecule has 29 heavy (non-hydrogen) atoms. The lowest BCUT2D eigenvalue weighted by atomic mass is 10.2. The number of hydrogen-bond donors (Lipinski definition) is 1. The Kier molecular flexibility index (Phi) is 5.05. The van der Waals surface area contributed by atoms with Crippen molar-refractivity contribution in [2.75, 3.05) is 11.9 Å². The first-order valence-electron chi connectivity index (χ1n) is 8.66. The van der Waals surface area contributed by atoms with Gasteiger partial charge in [0.2, 0.25) is 0 Å². The van der Waals surface area contributed by atoms with Crippen LogP contribution < -0.4 is 14.8 Å². The lowest BCUT2D eigenvalue weighted by Crippen LogP contribution is -2.33. The SMILES string of the molecule is O=C(Nc1cnn(CC2COc3ccccc3O2)c1)c1ccc(Cl)c([N+](=O)[O-])c1. The summed E-state index contributed by atoms with van der Waals surface area (Å²) in [5, 5.41) is 17.8. The number of amides is 1. The third kappa shape index (κ3) is 4.14. The van der Waals surface area contributed by atoms with Gasteiger partial charge in [-0.25, -0.2) is 0 Å². The van der Waals surface area contributed by atoms with Crippen LogP contribution in [-0.2, 0) is 6.54 Å². The molecular formula is C19H15ClN4O5. The van der Waals surface area contributed by atoms with Crippen LogP contribution in [0.2, 0.25) is 5.02 Å². The average molecular weight is 415 g/mol. The van der Waals surface area contributed by atoms with Gasteiger partial charge in [0.1, 0.15) is 11.6 Å². The van der Waals surface area contributed by atoms with Crippen molar-refractivity contribution in [2.45, 2.75) is 12.6 Å². The molecule has 148 valence electrons. The van der Waals surface area contributed by atoms with E-state index in [-0.39, 0.29) is 22.4 Å². The van der Waals surface area contributed by atoms with Gasteiger partial charge in [-0.1, -0.05) is 23.7 Å². The lowest BCUT2D eigenvalue weighted by molar-refractivity contribution is -0.384. The minimum absolute atomic E-state index is 0.0318. The van der Waals surface area contributed by atoms with Gasteiger partial charge in [0.15, 0.2) is 17.6 Å². The molecule has 0 radical (unpaired) electrons. The zero-order valence-corrected chi connectivity index (χ0v) is 15.7. The highest BCUT2D eigenvalue weighted by molar-refractivity contribution is 6.32. The van der Waals surface area contributed by atoms with Crippen LogP contribution in [0.1, 0.15) is 10.4 Å². The van der Waals surface area contributed by atoms with E-state index in [1.54, 1.807) is 10.9 Å². The Morgan fingerprint density at radius 1 is 1.31 bits per heavy atom. The topological polar surface area (TPSA) is 109 Å². The zero-order valence-electron chi connectivity index (χ0n) is 14.9. The van der Waals surface area contributed by atoms with Crippen molar-refractivity contribution in [3.63, 3.8) is 0 Å². The second kappa shape index (κ2) is 7.80. The van der Waals surface area contributed by atoms with Crippen molar-refractivity contribution in [1.29, 1.82) is 0 Å². The summed E-state index contributed by atoms with van der Waals surface area (Å²) in [5.74, 6) is 0.874. The molecule has 1 amide bonds. The van der Waals surface area contributed by atoms with Crippen molar-refractivity contribution >= 4 is 28.9 Å². The molecular weight excluding hydrogens is 400 g/mol. The molecule has 0 bridgehead atoms. The molecule has 1 aromatic heterocycles. The van der Waals surface area contributed by atoms with E-state index in [0.29, 0.717) is 30.3 Å². The predicted octanol–water partition coefficient (Wildman–Crippen LogP) is 3.54. The predicted molar refractivity (Wildman–Crippen MR) is 105 cm³/mol. The lowest BCUT2D eigenvalue weighted by Gasteiger charge is -2.26. The highest BCUT2D eigenvalue weighted by Gasteiger charge is 2.22. The molecule has 1 aliphatic rings. The third-order valence-electron chi connectivity index (χ3n) is 4.25. The smallest absolute Gasteiger partial charge is 0.288 e. The van der Waals surface area contributed by atoms with Gasteiger partial charge in [-0.15, -0.1) is 0 Å². The summed E-state index contributed by atoms with van der Waals surface area (Å²) in [6, 6.07) is 11.3. The van der Waals surface area contributed by atoms with E-state index in [9.17, 15) is 14.9 Å². The van der Waals surface area contributed by atoms with Gasteiger partial charge in [0, 0.05) is 17.8 Å². The Labute approximate surface area is 170 Å². The van der Waals surface area contributed by atoms with Gasteiger partial charge in [0.25, 0.3) is 11.6 Å². The fourth-order valence-corrected chi connectivity index (χ4v) is 3.07. The van der Waals surface area contributed by atoms with E-state index in [2.05, 4.69) is 10.4 Å². The van der Waals surface area contributed by atoms with Crippen molar-refractivity contribution < 1.29 is 19.2 Å². The average Bonchev–Trinajstić information content (AvgIpc) is 3.14. The molecule has 1 N–H and O–H groups in total. The van der Waals surface area contributed by atoms with Gasteiger partial charge in [0.05, 0.1) is 23.4 Å². The van der Waals surface area contributed by atoms with Gasteiger partial charge in [-0.05, 0) is 24.3 Å². The molecule has 1 atom stereocenters. The van der Waals surface area contributed by atoms with Crippen LogP contribution in [0.15, 0.2) is 54.9 Å². The molecule has 0 saturated heterocycles. The summed E-state index contributed by atoms with van der Waals surface area (Å²) >= 11 is 5.77. The van der Waals surface area contributed by atoms with Crippen molar-refractivity contribution in [2.24, 2.45) is 0 Å². The van der Waals surface area contributed by atoms with Crippen LogP contribution in [0.4, 0.5) is 11.4 Å². The van der Waals surface area contributed by atoms with E-state index >= 15 is 0 Å². The number of halogens is 1. The van der Waals surface area contributed by atoms with Crippen molar-refractivity contribution in [3.05, 3.63) is 75.6 Å². The highest BCUT2D eigenvalue weighted by atomic mass is 35.5. The number of anilines is 1. The summed E-state index contributed by atoms with van der Waals surface area (Å²) in [6.07, 6.45) is 2.90. The quantitative estimate of drug-likeness (QED) is 0.505. The molecule has 2 heterocycles. The number of rotatable bonds is 5. The highest BCUT2D eigenvalue weighted by Crippen LogP contribution is 2.31. The molecule has 0 spiro atoms. The fraction of sp³-hybridized carbons (Fsp3) is 0.158. The fourth-order valence-electron chi connectivity index (χ4n) is 2.89. The normalized spacial score (nSPS) is 15.0. The number of nitrogens with zero attached hydrogens (tertiary/aromatic N) is 3. The maximum Gasteiger partial charge on any atom is 0.288 e. The standard InChI is InChI=1S/C19H15ClN4O5/c20-15-6-5-12(7-16(15)24(26)27)19(25)22-13-8-21-23(9-13)10-14-11-28-17-3-1-2-4-18(17)29-14/h1-9,14H,10-11H2,(H,22,25). The first kappa shape index (κ1) is 18.8. The van der Waals surface area contributed by atoms with Crippen LogP contribution in [0.25, 0.3) is 0 Å². The van der Waals surface area contributed by atoms with Crippen LogP contribution in [0, 0.1) is 10.1 Å². The maximum absolute atomic E-state index is 12.4. The molecule has 0 aliphatic carbocycles. The summed E-state index contributed by atoms with van der Waals surface area (Å²) in [5.41, 5.74) is 0.240. The number of nitro benzene ring substituents is 1. The monoisotopic (exact) mass is 414 g/mol. The Hall–Kier alpha value is -3.59. The van der Waals surface area contributed by atoms with Gasteiger partial charge in [-0.2, -0.15) is 5.10 Å². The van der Waals surface area contributed by atoms with E-state index in [1.807, 2.05) is 24.3 Å². The number of carbonyl (C=O) groups excluding carboxylic acids is 1. The molecule has 2 aromatic carbocycles. The van der Waals surface area contributed by atoms with Crippen molar-refractivity contribution in [1.82, 2.24) is 9.78 Å². The summed E-state index contributed by atoms with van der Waals surface area (Å²) < 4.78 is 13.2. The maximum atomic E-state index is 12.4. The second-order valence-electron chi connectivity index (χ2n) is 6.33. The molecule has 1 aliphatic heterocycles. The van der Waals surface area contributed by atoms with Crippen LogP contribution >= 0.6 is 11.6 Å². The van der Waals surface area contributed by atoms with Crippen LogP contribution in [0.3, 0.4) is 0 Å². The Morgan fingerprint density at radius 3 is 2.90 bits per heavy atom. The zero-order chi connectivity index (χ0) is 20.4. The number of fused-ring (bicyclic) bond motifs is 1. The van der Waals surface area contributed by atoms with E-state index in [0.717, 1.165) is 6.07 Å². The Bertz CT molecular complexity index is 1080. The summed E-state index contributed by atoms with van der Waals surface area (Å²) in [7, 11) is 0. The van der Waals surface area contributed by atoms with Gasteiger partial charge < -0.3 is 14.8 Å². The summed E-state index contributed by atoms with van der Waals surface area (Å²) in [6.45, 7) is 0.809. The molecule has 0 saturated carbocycles. The van der Waals surface area contributed by atoms with Crippen LogP contribution in [0.5, 0.6) is 11.5 Å². The van der Waals surface area contributed by atoms with E-state index in [1.165, 1.54) is 18.3 Å². The van der Waals surface area contributed by atoms with E-state index < -0.39 is 10.8 Å². The Morgan fingerprint density at radius 2 is 2.10 bits per heavy atom. The number of hydrogen-bond acceptors (Lipinski definition) is 6. The number of nitro groups is 1. The minimum atomic E-state index is -0.637. The molecule has 3 aromatic rings. The molecule has 10 heteroatoms. The van der Waals surface area contributed by atoms with Crippen LogP contribution in [-0.4, -0.2) is 33.3 Å². The molecule has 9 nitrogen and oxygen atoms in total. The minimum Gasteiger partial charge on any atom is -0.486 e. The number of nitrogens with one attached hydrogen (secondary N) is 1. The second-order valence-corrected chi connectivity index (χ2v) is 6.73. The first-order valence-corrected chi connectivity index (χ1v) is 9.03.